The van der Waals surface area contributed by atoms with Crippen molar-refractivity contribution in [3.63, 3.8) is 0 Å². The number of benzene rings is 2. The summed E-state index contributed by atoms with van der Waals surface area (Å²) in [4.78, 5) is 15.0. The van der Waals surface area contributed by atoms with Gasteiger partial charge in [-0.25, -0.2) is 0 Å². The van der Waals surface area contributed by atoms with Crippen molar-refractivity contribution in [1.82, 2.24) is 15.1 Å². The second-order valence-corrected chi connectivity index (χ2v) is 7.04. The van der Waals surface area contributed by atoms with Crippen LogP contribution in [0.15, 0.2) is 48.5 Å². The molecular weight excluding hydrogens is 354 g/mol. The van der Waals surface area contributed by atoms with Gasteiger partial charge in [-0.15, -0.1) is 0 Å². The van der Waals surface area contributed by atoms with E-state index in [1.54, 1.807) is 19.2 Å². The number of H-pyrrole nitrogens is 1. The third-order valence-electron chi connectivity index (χ3n) is 5.16. The lowest BCUT2D eigenvalue weighted by Gasteiger charge is -2.26. The van der Waals surface area contributed by atoms with Gasteiger partial charge in [0, 0.05) is 31.4 Å². The molecule has 1 atom stereocenters. The van der Waals surface area contributed by atoms with E-state index in [0.717, 1.165) is 23.1 Å². The van der Waals surface area contributed by atoms with Crippen LogP contribution in [0, 0.1) is 6.92 Å². The number of amides is 1. The standard InChI is InChI=1S/C22H23N3O3/c1-14-8-10-15(11-9-14)21-18-19(16-6-3-4-7-17(16)26)23-24-20(18)22(27)25(21)12-5-13-28-2/h3-4,6-11,21,26H,5,12-13H2,1-2H3,(H,23,24). The minimum atomic E-state index is -0.256. The Kier molecular flexibility index (Phi) is 4.88. The number of aromatic hydroxyl groups is 1. The topological polar surface area (TPSA) is 78.5 Å². The number of phenolic OH excluding ortho intramolecular Hbond substituents is 1. The lowest BCUT2D eigenvalue weighted by Crippen LogP contribution is -2.31. The van der Waals surface area contributed by atoms with E-state index < -0.39 is 0 Å². The number of nitrogens with one attached hydrogen (secondary N) is 1. The number of fused-ring (bicyclic) bond motifs is 1. The van der Waals surface area contributed by atoms with E-state index in [9.17, 15) is 9.90 Å². The smallest absolute Gasteiger partial charge is 0.273 e. The average molecular weight is 377 g/mol. The summed E-state index contributed by atoms with van der Waals surface area (Å²) in [6.07, 6.45) is 0.744. The zero-order valence-electron chi connectivity index (χ0n) is 16.0. The summed E-state index contributed by atoms with van der Waals surface area (Å²) in [7, 11) is 1.66. The molecule has 1 aliphatic heterocycles. The van der Waals surface area contributed by atoms with Crippen molar-refractivity contribution in [3.8, 4) is 17.0 Å². The van der Waals surface area contributed by atoms with Crippen LogP contribution in [0.1, 0.15) is 39.6 Å². The van der Waals surface area contributed by atoms with Crippen LogP contribution in [0.2, 0.25) is 0 Å². The number of para-hydroxylation sites is 1. The van der Waals surface area contributed by atoms with Gasteiger partial charge in [0.15, 0.2) is 0 Å². The first-order chi connectivity index (χ1) is 13.6. The minimum absolute atomic E-state index is 0.0779. The summed E-state index contributed by atoms with van der Waals surface area (Å²) in [6.45, 7) is 3.20. The van der Waals surface area contributed by atoms with E-state index in [2.05, 4.69) is 10.2 Å². The fourth-order valence-electron chi connectivity index (χ4n) is 3.78. The number of aryl methyl sites for hydroxylation is 1. The van der Waals surface area contributed by atoms with Gasteiger partial charge in [-0.3, -0.25) is 9.89 Å². The predicted octanol–water partition coefficient (Wildman–Crippen LogP) is 3.67. The van der Waals surface area contributed by atoms with Crippen molar-refractivity contribution >= 4 is 5.91 Å². The van der Waals surface area contributed by atoms with Crippen LogP contribution >= 0.6 is 0 Å². The van der Waals surface area contributed by atoms with Gasteiger partial charge in [-0.2, -0.15) is 5.10 Å². The number of rotatable bonds is 6. The summed E-state index contributed by atoms with van der Waals surface area (Å²) in [6, 6.07) is 15.0. The maximum atomic E-state index is 13.1. The molecule has 0 bridgehead atoms. The fourth-order valence-corrected chi connectivity index (χ4v) is 3.78. The Balaban J connectivity index is 1.83. The van der Waals surface area contributed by atoms with Gasteiger partial charge in [-0.1, -0.05) is 42.0 Å². The Hall–Kier alpha value is -3.12. The number of aromatic amines is 1. The first-order valence-corrected chi connectivity index (χ1v) is 9.35. The van der Waals surface area contributed by atoms with Crippen LogP contribution in [0.3, 0.4) is 0 Å². The van der Waals surface area contributed by atoms with E-state index >= 15 is 0 Å². The first-order valence-electron chi connectivity index (χ1n) is 9.35. The number of carbonyl (C=O) groups excluding carboxylic acids is 1. The summed E-state index contributed by atoms with van der Waals surface area (Å²) in [5.41, 5.74) is 4.71. The summed E-state index contributed by atoms with van der Waals surface area (Å²) in [5.74, 6) is 0.0654. The zero-order chi connectivity index (χ0) is 19.7. The van der Waals surface area contributed by atoms with Crippen LogP contribution in [0.5, 0.6) is 5.75 Å². The van der Waals surface area contributed by atoms with Gasteiger partial charge in [-0.05, 0) is 31.0 Å². The Morgan fingerprint density at radius 1 is 1.18 bits per heavy atom. The number of aromatic nitrogens is 2. The fraction of sp³-hybridized carbons (Fsp3) is 0.273. The van der Waals surface area contributed by atoms with Crippen LogP contribution in [-0.4, -0.2) is 46.4 Å². The maximum Gasteiger partial charge on any atom is 0.273 e. The zero-order valence-corrected chi connectivity index (χ0v) is 16.0. The first kappa shape index (κ1) is 18.3. The maximum absolute atomic E-state index is 13.1. The number of nitrogens with zero attached hydrogens (tertiary/aromatic N) is 2. The number of phenols is 1. The van der Waals surface area contributed by atoms with E-state index in [4.69, 9.17) is 4.74 Å². The van der Waals surface area contributed by atoms with E-state index in [1.807, 2.05) is 48.2 Å². The summed E-state index contributed by atoms with van der Waals surface area (Å²) in [5, 5.41) is 17.6. The molecule has 0 spiro atoms. The van der Waals surface area contributed by atoms with Crippen LogP contribution in [-0.2, 0) is 4.74 Å². The Morgan fingerprint density at radius 2 is 1.93 bits per heavy atom. The van der Waals surface area contributed by atoms with Gasteiger partial charge >= 0.3 is 0 Å². The summed E-state index contributed by atoms with van der Waals surface area (Å²) < 4.78 is 5.17. The monoisotopic (exact) mass is 377 g/mol. The molecule has 2 N–H and O–H groups in total. The van der Waals surface area contributed by atoms with Crippen molar-refractivity contribution in [3.05, 3.63) is 70.9 Å². The molecule has 1 aromatic heterocycles. The summed E-state index contributed by atoms with van der Waals surface area (Å²) >= 11 is 0. The Bertz CT molecular complexity index is 995. The lowest BCUT2D eigenvalue weighted by molar-refractivity contribution is 0.0723. The van der Waals surface area contributed by atoms with Gasteiger partial charge < -0.3 is 14.7 Å². The van der Waals surface area contributed by atoms with Crippen molar-refractivity contribution < 1.29 is 14.6 Å². The van der Waals surface area contributed by atoms with Crippen molar-refractivity contribution in [1.29, 1.82) is 0 Å². The number of methoxy groups -OCH3 is 1. The highest BCUT2D eigenvalue weighted by molar-refractivity contribution is 6.00. The van der Waals surface area contributed by atoms with Crippen molar-refractivity contribution in [2.75, 3.05) is 20.3 Å². The third-order valence-corrected chi connectivity index (χ3v) is 5.16. The molecule has 4 rings (SSSR count). The Morgan fingerprint density at radius 3 is 2.64 bits per heavy atom. The molecule has 1 unspecified atom stereocenters. The molecule has 1 amide bonds. The molecule has 3 aromatic rings. The highest BCUT2D eigenvalue weighted by Gasteiger charge is 2.42. The molecule has 0 fully saturated rings. The largest absolute Gasteiger partial charge is 0.507 e. The molecule has 0 saturated heterocycles. The molecule has 1 aliphatic rings. The number of hydrogen-bond acceptors (Lipinski definition) is 4. The second-order valence-electron chi connectivity index (χ2n) is 7.04. The molecule has 0 radical (unpaired) electrons. The van der Waals surface area contributed by atoms with E-state index in [-0.39, 0.29) is 17.7 Å². The molecule has 28 heavy (non-hydrogen) atoms. The number of carbonyl (C=O) groups is 1. The number of ether oxygens (including phenoxy) is 1. The van der Waals surface area contributed by atoms with Crippen LogP contribution < -0.4 is 0 Å². The van der Waals surface area contributed by atoms with E-state index in [1.165, 1.54) is 0 Å². The molecule has 144 valence electrons. The number of hydrogen-bond donors (Lipinski definition) is 2. The molecule has 2 heterocycles. The lowest BCUT2D eigenvalue weighted by atomic mass is 9.95. The van der Waals surface area contributed by atoms with E-state index in [0.29, 0.717) is 30.1 Å². The molecule has 0 aliphatic carbocycles. The van der Waals surface area contributed by atoms with Gasteiger partial charge in [0.25, 0.3) is 5.91 Å². The molecule has 6 nitrogen and oxygen atoms in total. The normalized spacial score (nSPS) is 15.9. The highest BCUT2D eigenvalue weighted by Crippen LogP contribution is 2.44. The van der Waals surface area contributed by atoms with Gasteiger partial charge in [0.2, 0.25) is 0 Å². The minimum Gasteiger partial charge on any atom is -0.507 e. The van der Waals surface area contributed by atoms with Crippen molar-refractivity contribution in [2.24, 2.45) is 0 Å². The average Bonchev–Trinajstić information content (AvgIpc) is 3.23. The molecular formula is C22H23N3O3. The van der Waals surface area contributed by atoms with Crippen LogP contribution in [0.4, 0.5) is 0 Å². The molecule has 0 saturated carbocycles. The van der Waals surface area contributed by atoms with Gasteiger partial charge in [0.1, 0.15) is 17.1 Å². The molecule has 2 aromatic carbocycles. The molecule has 6 heteroatoms. The van der Waals surface area contributed by atoms with Gasteiger partial charge in [0.05, 0.1) is 6.04 Å². The Labute approximate surface area is 163 Å². The quantitative estimate of drug-likeness (QED) is 0.643. The van der Waals surface area contributed by atoms with Crippen molar-refractivity contribution in [2.45, 2.75) is 19.4 Å². The SMILES string of the molecule is COCCCN1C(=O)c2[nH]nc(-c3ccccc3O)c2C1c1ccc(C)cc1. The predicted molar refractivity (Wildman–Crippen MR) is 106 cm³/mol. The highest BCUT2D eigenvalue weighted by atomic mass is 16.5. The van der Waals surface area contributed by atoms with Crippen LogP contribution in [0.25, 0.3) is 11.3 Å². The third kappa shape index (κ3) is 3.05. The second kappa shape index (κ2) is 7.48.